The number of imide groups is 1. The molecule has 0 saturated carbocycles. The molecule has 0 fully saturated rings. The summed E-state index contributed by atoms with van der Waals surface area (Å²) in [5.41, 5.74) is 5.19. The van der Waals surface area contributed by atoms with E-state index in [0.717, 1.165) is 4.90 Å². The highest BCUT2D eigenvalue weighted by molar-refractivity contribution is 6.12. The third kappa shape index (κ3) is 1.79. The summed E-state index contributed by atoms with van der Waals surface area (Å²) in [4.78, 5) is 23.0. The SMILES string of the molecule is NC/C=C/CN1C(=O)C=CC1=O. The molecule has 4 heteroatoms. The van der Waals surface area contributed by atoms with Gasteiger partial charge >= 0.3 is 0 Å². The van der Waals surface area contributed by atoms with E-state index in [1.165, 1.54) is 12.2 Å². The van der Waals surface area contributed by atoms with Crippen LogP contribution in [0.5, 0.6) is 0 Å². The average Bonchev–Trinajstić information content (AvgIpc) is 2.35. The minimum atomic E-state index is -0.262. The summed E-state index contributed by atoms with van der Waals surface area (Å²) >= 11 is 0. The molecule has 0 aromatic heterocycles. The number of amides is 2. The first-order chi connectivity index (χ1) is 5.75. The van der Waals surface area contributed by atoms with E-state index >= 15 is 0 Å². The zero-order valence-electron chi connectivity index (χ0n) is 6.56. The van der Waals surface area contributed by atoms with Gasteiger partial charge in [0.25, 0.3) is 11.8 Å². The molecule has 1 heterocycles. The second-order valence-corrected chi connectivity index (χ2v) is 2.33. The monoisotopic (exact) mass is 166 g/mol. The number of hydrogen-bond acceptors (Lipinski definition) is 3. The quantitative estimate of drug-likeness (QED) is 0.451. The average molecular weight is 166 g/mol. The van der Waals surface area contributed by atoms with Crippen LogP contribution in [0.2, 0.25) is 0 Å². The summed E-state index contributed by atoms with van der Waals surface area (Å²) in [6, 6.07) is 0. The van der Waals surface area contributed by atoms with Gasteiger partial charge in [-0.05, 0) is 0 Å². The molecule has 0 unspecified atom stereocenters. The van der Waals surface area contributed by atoms with Gasteiger partial charge in [-0.3, -0.25) is 14.5 Å². The lowest BCUT2D eigenvalue weighted by atomic mass is 10.4. The van der Waals surface area contributed by atoms with E-state index in [2.05, 4.69) is 0 Å². The van der Waals surface area contributed by atoms with Gasteiger partial charge in [-0.15, -0.1) is 0 Å². The van der Waals surface area contributed by atoms with Crippen LogP contribution in [0.25, 0.3) is 0 Å². The van der Waals surface area contributed by atoms with E-state index in [0.29, 0.717) is 13.1 Å². The van der Waals surface area contributed by atoms with Crippen LogP contribution in [0.3, 0.4) is 0 Å². The molecule has 0 saturated heterocycles. The van der Waals surface area contributed by atoms with E-state index in [1.54, 1.807) is 12.2 Å². The van der Waals surface area contributed by atoms with Crippen molar-refractivity contribution in [3.05, 3.63) is 24.3 Å². The van der Waals surface area contributed by atoms with Gasteiger partial charge in [0, 0.05) is 25.2 Å². The molecule has 64 valence electrons. The Morgan fingerprint density at radius 2 is 1.83 bits per heavy atom. The minimum absolute atomic E-state index is 0.262. The fourth-order valence-corrected chi connectivity index (χ4v) is 0.887. The van der Waals surface area contributed by atoms with Crippen LogP contribution in [0.15, 0.2) is 24.3 Å². The molecule has 0 aromatic carbocycles. The molecule has 0 aromatic rings. The van der Waals surface area contributed by atoms with Crippen molar-refractivity contribution in [2.24, 2.45) is 5.73 Å². The zero-order valence-corrected chi connectivity index (χ0v) is 6.56. The highest BCUT2D eigenvalue weighted by Crippen LogP contribution is 2.02. The molecule has 0 aliphatic carbocycles. The van der Waals surface area contributed by atoms with Gasteiger partial charge in [0.05, 0.1) is 0 Å². The smallest absolute Gasteiger partial charge is 0.253 e. The molecular formula is C8H10N2O2. The highest BCUT2D eigenvalue weighted by atomic mass is 16.2. The lowest BCUT2D eigenvalue weighted by Crippen LogP contribution is -2.29. The Balaban J connectivity index is 2.48. The minimum Gasteiger partial charge on any atom is -0.327 e. The summed E-state index contributed by atoms with van der Waals surface area (Å²) < 4.78 is 0. The van der Waals surface area contributed by atoms with E-state index in [-0.39, 0.29) is 11.8 Å². The third-order valence-corrected chi connectivity index (χ3v) is 1.49. The Morgan fingerprint density at radius 1 is 1.25 bits per heavy atom. The van der Waals surface area contributed by atoms with Crippen LogP contribution in [0, 0.1) is 0 Å². The Kier molecular flexibility index (Phi) is 2.76. The zero-order chi connectivity index (χ0) is 8.97. The topological polar surface area (TPSA) is 63.4 Å². The molecular weight excluding hydrogens is 156 g/mol. The van der Waals surface area contributed by atoms with Gasteiger partial charge in [0.15, 0.2) is 0 Å². The van der Waals surface area contributed by atoms with Gasteiger partial charge < -0.3 is 5.73 Å². The maximum atomic E-state index is 10.9. The van der Waals surface area contributed by atoms with Gasteiger partial charge in [0.1, 0.15) is 0 Å². The van der Waals surface area contributed by atoms with E-state index < -0.39 is 0 Å². The van der Waals surface area contributed by atoms with Crippen molar-refractivity contribution in [3.8, 4) is 0 Å². The highest BCUT2D eigenvalue weighted by Gasteiger charge is 2.21. The molecule has 4 nitrogen and oxygen atoms in total. The standard InChI is InChI=1S/C8H10N2O2/c9-5-1-2-6-10-7(11)3-4-8(10)12/h1-4H,5-6,9H2/b2-1+. The lowest BCUT2D eigenvalue weighted by molar-refractivity contribution is -0.136. The fourth-order valence-electron chi connectivity index (χ4n) is 0.887. The maximum absolute atomic E-state index is 10.9. The van der Waals surface area contributed by atoms with Gasteiger partial charge in [-0.25, -0.2) is 0 Å². The van der Waals surface area contributed by atoms with Gasteiger partial charge in [-0.1, -0.05) is 12.2 Å². The molecule has 0 spiro atoms. The fraction of sp³-hybridized carbons (Fsp3) is 0.250. The molecule has 0 bridgehead atoms. The largest absolute Gasteiger partial charge is 0.327 e. The van der Waals surface area contributed by atoms with Crippen LogP contribution in [-0.4, -0.2) is 29.8 Å². The van der Waals surface area contributed by atoms with Crippen LogP contribution in [0.4, 0.5) is 0 Å². The second kappa shape index (κ2) is 3.82. The van der Waals surface area contributed by atoms with Crippen molar-refractivity contribution >= 4 is 11.8 Å². The number of carbonyl (C=O) groups excluding carboxylic acids is 2. The lowest BCUT2D eigenvalue weighted by Gasteiger charge is -2.09. The number of nitrogens with two attached hydrogens (primary N) is 1. The Labute approximate surface area is 70.3 Å². The predicted molar refractivity (Wildman–Crippen MR) is 44.1 cm³/mol. The Morgan fingerprint density at radius 3 is 2.33 bits per heavy atom. The first-order valence-electron chi connectivity index (χ1n) is 3.64. The summed E-state index contributed by atoms with van der Waals surface area (Å²) in [6.45, 7) is 0.728. The molecule has 0 atom stereocenters. The summed E-state index contributed by atoms with van der Waals surface area (Å²) in [5.74, 6) is -0.525. The number of nitrogens with zero attached hydrogens (tertiary/aromatic N) is 1. The first-order valence-corrected chi connectivity index (χ1v) is 3.64. The summed E-state index contributed by atoms with van der Waals surface area (Å²) in [6.07, 6.45) is 5.93. The Bertz CT molecular complexity index is 238. The number of rotatable bonds is 3. The molecule has 0 radical (unpaired) electrons. The predicted octanol–water partition coefficient (Wildman–Crippen LogP) is -0.574. The van der Waals surface area contributed by atoms with Crippen LogP contribution in [-0.2, 0) is 9.59 Å². The molecule has 2 N–H and O–H groups in total. The van der Waals surface area contributed by atoms with Crippen molar-refractivity contribution in [2.75, 3.05) is 13.1 Å². The van der Waals surface area contributed by atoms with Crippen LogP contribution < -0.4 is 5.73 Å². The molecule has 2 amide bonds. The van der Waals surface area contributed by atoms with E-state index in [9.17, 15) is 9.59 Å². The van der Waals surface area contributed by atoms with Crippen molar-refractivity contribution in [3.63, 3.8) is 0 Å². The number of hydrogen-bond donors (Lipinski definition) is 1. The van der Waals surface area contributed by atoms with Crippen LogP contribution >= 0.6 is 0 Å². The van der Waals surface area contributed by atoms with Gasteiger partial charge in [-0.2, -0.15) is 0 Å². The van der Waals surface area contributed by atoms with E-state index in [1.807, 2.05) is 0 Å². The maximum Gasteiger partial charge on any atom is 0.253 e. The summed E-state index contributed by atoms with van der Waals surface area (Å²) in [5, 5.41) is 0. The van der Waals surface area contributed by atoms with Crippen molar-refractivity contribution in [1.82, 2.24) is 4.90 Å². The van der Waals surface area contributed by atoms with Gasteiger partial charge in [0.2, 0.25) is 0 Å². The van der Waals surface area contributed by atoms with E-state index in [4.69, 9.17) is 5.73 Å². The third-order valence-electron chi connectivity index (χ3n) is 1.49. The first kappa shape index (κ1) is 8.67. The molecule has 12 heavy (non-hydrogen) atoms. The van der Waals surface area contributed by atoms with Crippen molar-refractivity contribution in [2.45, 2.75) is 0 Å². The molecule has 1 rings (SSSR count). The Hall–Kier alpha value is -1.42. The number of carbonyl (C=O) groups is 2. The van der Waals surface area contributed by atoms with Crippen LogP contribution in [0.1, 0.15) is 0 Å². The second-order valence-electron chi connectivity index (χ2n) is 2.33. The van der Waals surface area contributed by atoms with Crippen molar-refractivity contribution in [1.29, 1.82) is 0 Å². The van der Waals surface area contributed by atoms with Crippen molar-refractivity contribution < 1.29 is 9.59 Å². The normalized spacial score (nSPS) is 16.9. The molecule has 1 aliphatic heterocycles. The summed E-state index contributed by atoms with van der Waals surface area (Å²) in [7, 11) is 0. The molecule has 1 aliphatic rings.